The maximum atomic E-state index is 12.2. The van der Waals surface area contributed by atoms with Gasteiger partial charge in [-0.3, -0.25) is 9.59 Å². The number of Topliss-reactive ketones (excluding diaryl/α,β-unsaturated/α-hetero) is 1. The van der Waals surface area contributed by atoms with E-state index in [9.17, 15) is 14.4 Å². The highest BCUT2D eigenvalue weighted by Gasteiger charge is 2.36. The van der Waals surface area contributed by atoms with Gasteiger partial charge >= 0.3 is 5.97 Å². The lowest BCUT2D eigenvalue weighted by Crippen LogP contribution is -2.52. The lowest BCUT2D eigenvalue weighted by Gasteiger charge is -2.38. The molecule has 0 N–H and O–H groups in total. The van der Waals surface area contributed by atoms with Gasteiger partial charge in [0, 0.05) is 6.42 Å². The van der Waals surface area contributed by atoms with Crippen LogP contribution in [0.25, 0.3) is 0 Å². The number of β-lactam (4-membered cyclic amide) rings is 1. The van der Waals surface area contributed by atoms with E-state index in [1.165, 1.54) is 0 Å². The number of thioether (sulfide) groups is 1. The monoisotopic (exact) mass is 413 g/mol. The molecule has 0 bridgehead atoms. The number of carbonyl (C=O) groups is 3. The first-order valence-corrected chi connectivity index (χ1v) is 10.5. The zero-order valence-electron chi connectivity index (χ0n) is 16.4. The van der Waals surface area contributed by atoms with E-state index in [1.54, 1.807) is 48.0 Å². The maximum absolute atomic E-state index is 12.2. The van der Waals surface area contributed by atoms with Crippen LogP contribution in [0.15, 0.2) is 48.5 Å². The second kappa shape index (κ2) is 9.60. The van der Waals surface area contributed by atoms with Gasteiger partial charge in [-0.2, -0.15) is 0 Å². The molecule has 29 heavy (non-hydrogen) atoms. The van der Waals surface area contributed by atoms with Crippen LogP contribution in [-0.2, 0) is 27.4 Å². The average Bonchev–Trinajstić information content (AvgIpc) is 2.75. The number of methoxy groups -OCH3 is 1. The zero-order valence-corrected chi connectivity index (χ0v) is 17.2. The van der Waals surface area contributed by atoms with E-state index >= 15 is 0 Å². The standard InChI is InChI=1S/C22H23NO5S/c1-27-19-9-5-16(6-10-19)14-28-22(26)17-7-3-15(4-8-17)11-18(24)13-23-20(25)12-21(23)29-2/h3-10,21H,11-14H2,1-2H3. The Morgan fingerprint density at radius 3 is 2.31 bits per heavy atom. The molecule has 2 aromatic carbocycles. The SMILES string of the molecule is COc1ccc(COC(=O)c2ccc(CC(=O)CN3C(=O)CC3SC)cc2)cc1. The molecule has 0 saturated carbocycles. The zero-order chi connectivity index (χ0) is 20.8. The summed E-state index contributed by atoms with van der Waals surface area (Å²) in [5, 5.41) is 0.106. The number of amides is 1. The predicted octanol–water partition coefficient (Wildman–Crippen LogP) is 3.09. The van der Waals surface area contributed by atoms with Gasteiger partial charge in [-0.1, -0.05) is 24.3 Å². The number of hydrogen-bond acceptors (Lipinski definition) is 6. The number of hydrogen-bond donors (Lipinski definition) is 0. The molecule has 0 aromatic heterocycles. The van der Waals surface area contributed by atoms with Gasteiger partial charge in [-0.05, 0) is 41.6 Å². The number of carbonyl (C=O) groups excluding carboxylic acids is 3. The molecule has 1 aliphatic rings. The molecule has 2 aromatic rings. The number of nitrogens with zero attached hydrogens (tertiary/aromatic N) is 1. The van der Waals surface area contributed by atoms with Gasteiger partial charge in [-0.25, -0.2) is 4.79 Å². The van der Waals surface area contributed by atoms with Crippen molar-refractivity contribution in [1.82, 2.24) is 4.90 Å². The largest absolute Gasteiger partial charge is 0.497 e. The van der Waals surface area contributed by atoms with E-state index in [0.717, 1.165) is 16.9 Å². The summed E-state index contributed by atoms with van der Waals surface area (Å²) in [4.78, 5) is 37.7. The quantitative estimate of drug-likeness (QED) is 0.465. The van der Waals surface area contributed by atoms with Crippen molar-refractivity contribution in [1.29, 1.82) is 0 Å². The van der Waals surface area contributed by atoms with Gasteiger partial charge in [0.2, 0.25) is 5.91 Å². The smallest absolute Gasteiger partial charge is 0.338 e. The van der Waals surface area contributed by atoms with Gasteiger partial charge in [0.15, 0.2) is 5.78 Å². The summed E-state index contributed by atoms with van der Waals surface area (Å²) in [7, 11) is 1.60. The van der Waals surface area contributed by atoms with Crippen LogP contribution < -0.4 is 4.74 Å². The number of likely N-dealkylation sites (tertiary alicyclic amines) is 1. The molecule has 1 unspecified atom stereocenters. The molecule has 6 nitrogen and oxygen atoms in total. The molecule has 1 fully saturated rings. The van der Waals surface area contributed by atoms with Crippen molar-refractivity contribution >= 4 is 29.4 Å². The minimum atomic E-state index is -0.423. The summed E-state index contributed by atoms with van der Waals surface area (Å²) >= 11 is 1.58. The molecule has 1 aliphatic heterocycles. The number of ketones is 1. The van der Waals surface area contributed by atoms with Crippen molar-refractivity contribution in [3.63, 3.8) is 0 Å². The Morgan fingerprint density at radius 2 is 1.72 bits per heavy atom. The maximum Gasteiger partial charge on any atom is 0.338 e. The van der Waals surface area contributed by atoms with Crippen LogP contribution in [0.5, 0.6) is 5.75 Å². The highest BCUT2D eigenvalue weighted by atomic mass is 32.2. The van der Waals surface area contributed by atoms with Crippen molar-refractivity contribution < 1.29 is 23.9 Å². The van der Waals surface area contributed by atoms with Crippen molar-refractivity contribution in [3.05, 3.63) is 65.2 Å². The molecule has 3 rings (SSSR count). The first kappa shape index (κ1) is 20.9. The van der Waals surface area contributed by atoms with Crippen LogP contribution in [0.4, 0.5) is 0 Å². The van der Waals surface area contributed by atoms with Crippen molar-refractivity contribution in [2.24, 2.45) is 0 Å². The highest BCUT2D eigenvalue weighted by molar-refractivity contribution is 7.99. The molecule has 1 atom stereocenters. The van der Waals surface area contributed by atoms with E-state index in [1.807, 2.05) is 30.5 Å². The van der Waals surface area contributed by atoms with E-state index in [-0.39, 0.29) is 36.6 Å². The fourth-order valence-electron chi connectivity index (χ4n) is 3.01. The number of esters is 1. The topological polar surface area (TPSA) is 72.9 Å². The van der Waals surface area contributed by atoms with Crippen molar-refractivity contribution in [2.45, 2.75) is 24.8 Å². The van der Waals surface area contributed by atoms with Crippen LogP contribution in [0, 0.1) is 0 Å². The number of benzene rings is 2. The minimum absolute atomic E-state index is 0.0210. The molecular formula is C22H23NO5S. The molecular weight excluding hydrogens is 390 g/mol. The minimum Gasteiger partial charge on any atom is -0.497 e. The lowest BCUT2D eigenvalue weighted by molar-refractivity contribution is -0.144. The van der Waals surface area contributed by atoms with E-state index in [0.29, 0.717) is 12.0 Å². The third-order valence-corrected chi connectivity index (χ3v) is 5.72. The van der Waals surface area contributed by atoms with Gasteiger partial charge in [0.1, 0.15) is 12.4 Å². The molecule has 7 heteroatoms. The van der Waals surface area contributed by atoms with Crippen LogP contribution in [-0.4, -0.2) is 47.8 Å². The Bertz CT molecular complexity index is 879. The number of rotatable bonds is 9. The normalized spacial score (nSPS) is 15.6. The Morgan fingerprint density at radius 1 is 1.07 bits per heavy atom. The Labute approximate surface area is 174 Å². The molecule has 1 saturated heterocycles. The Balaban J connectivity index is 1.49. The first-order chi connectivity index (χ1) is 14.0. The summed E-state index contributed by atoms with van der Waals surface area (Å²) < 4.78 is 10.4. The van der Waals surface area contributed by atoms with Gasteiger partial charge in [-0.15, -0.1) is 11.8 Å². The summed E-state index contributed by atoms with van der Waals surface area (Å²) in [6, 6.07) is 14.1. The molecule has 152 valence electrons. The van der Waals surface area contributed by atoms with E-state index in [2.05, 4.69) is 0 Å². The van der Waals surface area contributed by atoms with E-state index < -0.39 is 5.97 Å². The molecule has 1 amide bonds. The Kier molecular flexibility index (Phi) is 6.93. The summed E-state index contributed by atoms with van der Waals surface area (Å²) in [6.07, 6.45) is 2.66. The molecule has 0 aliphatic carbocycles. The first-order valence-electron chi connectivity index (χ1n) is 9.23. The summed E-state index contributed by atoms with van der Waals surface area (Å²) in [6.45, 7) is 0.305. The fourth-order valence-corrected chi connectivity index (χ4v) is 3.77. The molecule has 1 heterocycles. The second-order valence-corrected chi connectivity index (χ2v) is 7.77. The highest BCUT2D eigenvalue weighted by Crippen LogP contribution is 2.27. The molecule has 0 radical (unpaired) electrons. The van der Waals surface area contributed by atoms with Gasteiger partial charge in [0.25, 0.3) is 0 Å². The van der Waals surface area contributed by atoms with Crippen molar-refractivity contribution in [2.75, 3.05) is 19.9 Å². The fraction of sp³-hybridized carbons (Fsp3) is 0.318. The van der Waals surface area contributed by atoms with Crippen LogP contribution >= 0.6 is 11.8 Å². The van der Waals surface area contributed by atoms with Crippen LogP contribution in [0.2, 0.25) is 0 Å². The van der Waals surface area contributed by atoms with Crippen LogP contribution in [0.3, 0.4) is 0 Å². The predicted molar refractivity (Wildman–Crippen MR) is 111 cm³/mol. The third kappa shape index (κ3) is 5.38. The van der Waals surface area contributed by atoms with Gasteiger partial charge < -0.3 is 14.4 Å². The van der Waals surface area contributed by atoms with E-state index in [4.69, 9.17) is 9.47 Å². The second-order valence-electron chi connectivity index (χ2n) is 6.75. The summed E-state index contributed by atoms with van der Waals surface area (Å²) in [5.74, 6) is 0.319. The summed E-state index contributed by atoms with van der Waals surface area (Å²) in [5.41, 5.74) is 2.09. The number of ether oxygens (including phenoxy) is 2. The molecule has 0 spiro atoms. The lowest BCUT2D eigenvalue weighted by atomic mass is 10.1. The van der Waals surface area contributed by atoms with Crippen LogP contribution in [0.1, 0.15) is 27.9 Å². The Hall–Kier alpha value is -2.80. The average molecular weight is 413 g/mol. The van der Waals surface area contributed by atoms with Crippen molar-refractivity contribution in [3.8, 4) is 5.75 Å². The van der Waals surface area contributed by atoms with Gasteiger partial charge in [0.05, 0.1) is 31.0 Å². The third-order valence-electron chi connectivity index (χ3n) is 4.76.